The quantitative estimate of drug-likeness (QED) is 0.144. The Hall–Kier alpha value is -4.45. The van der Waals surface area contributed by atoms with Crippen molar-refractivity contribution in [2.24, 2.45) is 0 Å². The first-order chi connectivity index (χ1) is 29.8. The highest BCUT2D eigenvalue weighted by Crippen LogP contribution is 2.49. The molecule has 0 unspecified atom stereocenters. The molecular weight excluding hydrogens is 822 g/mol. The smallest absolute Gasteiger partial charge is 0.410 e. The van der Waals surface area contributed by atoms with Crippen molar-refractivity contribution < 1.29 is 32.5 Å². The second-order valence-electron chi connectivity index (χ2n) is 20.7. The number of aromatic nitrogens is 3. The summed E-state index contributed by atoms with van der Waals surface area (Å²) >= 11 is 0. The second-order valence-corrected chi connectivity index (χ2v) is 26.3. The van der Waals surface area contributed by atoms with Crippen molar-refractivity contribution in [1.82, 2.24) is 24.8 Å². The van der Waals surface area contributed by atoms with Crippen molar-refractivity contribution in [3.05, 3.63) is 53.2 Å². The van der Waals surface area contributed by atoms with Gasteiger partial charge in [-0.15, -0.1) is 5.54 Å². The van der Waals surface area contributed by atoms with E-state index in [0.29, 0.717) is 64.7 Å². The van der Waals surface area contributed by atoms with E-state index in [-0.39, 0.29) is 59.0 Å². The van der Waals surface area contributed by atoms with Gasteiger partial charge in [0.15, 0.2) is 5.82 Å². The van der Waals surface area contributed by atoms with Gasteiger partial charge >= 0.3 is 12.1 Å². The number of hydrogen-bond donors (Lipinski definition) is 1. The Morgan fingerprint density at radius 1 is 0.984 bits per heavy atom. The summed E-state index contributed by atoms with van der Waals surface area (Å²) in [5.74, 6) is 2.43. The molecule has 5 aliphatic heterocycles. The van der Waals surface area contributed by atoms with E-state index in [1.807, 2.05) is 31.7 Å². The van der Waals surface area contributed by atoms with Gasteiger partial charge in [0, 0.05) is 36.9 Å². The normalized spacial score (nSPS) is 25.8. The van der Waals surface area contributed by atoms with Crippen LogP contribution < -0.4 is 9.64 Å². The molecular formula is C49H61F3N6O4Si. The molecule has 14 heteroatoms. The molecule has 10 nitrogen and oxygen atoms in total. The van der Waals surface area contributed by atoms with E-state index in [1.165, 1.54) is 6.07 Å². The lowest BCUT2D eigenvalue weighted by Gasteiger charge is -2.47. The molecule has 4 saturated heterocycles. The number of hydrogen-bond acceptors (Lipinski definition) is 9. The third-order valence-corrected chi connectivity index (χ3v) is 21.3. The van der Waals surface area contributed by atoms with Gasteiger partial charge in [0.2, 0.25) is 0 Å². The number of piperazine rings is 1. The Balaban J connectivity index is 1.23. The number of ether oxygens (including phenoxy) is 2. The van der Waals surface area contributed by atoms with Gasteiger partial charge in [-0.05, 0) is 81.1 Å². The molecule has 336 valence electrons. The highest BCUT2D eigenvalue weighted by molar-refractivity contribution is 6.90. The number of rotatable bonds is 7. The number of anilines is 1. The van der Waals surface area contributed by atoms with Gasteiger partial charge in [0.1, 0.15) is 49.3 Å². The fourth-order valence-corrected chi connectivity index (χ4v) is 17.5. The van der Waals surface area contributed by atoms with Gasteiger partial charge in [0.05, 0.1) is 46.4 Å². The third kappa shape index (κ3) is 7.25. The first-order valence-electron chi connectivity index (χ1n) is 23.0. The van der Waals surface area contributed by atoms with Crippen LogP contribution in [-0.2, 0) is 4.74 Å². The SMILES string of the molecule is CC(C)[Si](C#Cc1c(F)ccc2cccc(-c3nc4c5c(nc(OC[C@@]67CCCN6C[C@H](F)C7)nc5c3F)N3C[C@H]5CC[C@@H]([C@H]3C[C@H]4O)N5C(=O)OC(C)(C)C)c12)(C(C)C)C(C)C. The van der Waals surface area contributed by atoms with Gasteiger partial charge in [-0.1, -0.05) is 71.7 Å². The monoisotopic (exact) mass is 882 g/mol. The van der Waals surface area contributed by atoms with Gasteiger partial charge in [0.25, 0.3) is 0 Å². The topological polar surface area (TPSA) is 104 Å². The fraction of sp³-hybridized carbons (Fsp3) is 0.592. The molecule has 7 heterocycles. The molecule has 2 bridgehead atoms. The Labute approximate surface area is 369 Å². The van der Waals surface area contributed by atoms with Crippen molar-refractivity contribution in [2.75, 3.05) is 31.1 Å². The molecule has 6 atom stereocenters. The van der Waals surface area contributed by atoms with Crippen LogP contribution in [0.5, 0.6) is 6.01 Å². The van der Waals surface area contributed by atoms with Crippen LogP contribution in [0, 0.1) is 23.1 Å². The molecule has 2 aromatic heterocycles. The maximum atomic E-state index is 17.9. The minimum absolute atomic E-state index is 0.0621. The number of amides is 1. The van der Waals surface area contributed by atoms with Crippen LogP contribution in [0.4, 0.5) is 23.8 Å². The van der Waals surface area contributed by atoms with Crippen LogP contribution in [0.3, 0.4) is 0 Å². The zero-order valence-corrected chi connectivity index (χ0v) is 39.1. The molecule has 0 aliphatic carbocycles. The van der Waals surface area contributed by atoms with Crippen LogP contribution >= 0.6 is 0 Å². The summed E-state index contributed by atoms with van der Waals surface area (Å²) in [6, 6.07) is 7.42. The minimum Gasteiger partial charge on any atom is -0.461 e. The fourth-order valence-electron chi connectivity index (χ4n) is 12.3. The Bertz CT molecular complexity index is 2520. The molecule has 1 N–H and O–H groups in total. The number of carbonyl (C=O) groups excluding carboxylic acids is 1. The Morgan fingerprint density at radius 2 is 1.73 bits per heavy atom. The van der Waals surface area contributed by atoms with Crippen molar-refractivity contribution in [2.45, 2.75) is 159 Å². The molecule has 5 aliphatic rings. The predicted molar refractivity (Wildman–Crippen MR) is 242 cm³/mol. The average molecular weight is 883 g/mol. The molecule has 0 radical (unpaired) electrons. The molecule has 63 heavy (non-hydrogen) atoms. The molecule has 0 saturated carbocycles. The van der Waals surface area contributed by atoms with E-state index in [9.17, 15) is 14.3 Å². The van der Waals surface area contributed by atoms with Gasteiger partial charge in [-0.3, -0.25) is 9.80 Å². The van der Waals surface area contributed by atoms with E-state index in [1.54, 1.807) is 18.2 Å². The number of benzene rings is 2. The highest BCUT2D eigenvalue weighted by Gasteiger charge is 2.53. The van der Waals surface area contributed by atoms with Crippen LogP contribution in [0.25, 0.3) is 32.9 Å². The summed E-state index contributed by atoms with van der Waals surface area (Å²) in [5.41, 5.74) is 3.89. The number of nitrogens with zero attached hydrogens (tertiary/aromatic N) is 6. The predicted octanol–water partition coefficient (Wildman–Crippen LogP) is 10.0. The van der Waals surface area contributed by atoms with Crippen molar-refractivity contribution >= 4 is 41.7 Å². The number of aliphatic hydroxyl groups excluding tert-OH is 1. The molecule has 9 rings (SSSR count). The van der Waals surface area contributed by atoms with Crippen molar-refractivity contribution in [3.8, 4) is 28.7 Å². The molecule has 4 fully saturated rings. The number of alkyl halides is 1. The van der Waals surface area contributed by atoms with Crippen LogP contribution in [0.2, 0.25) is 16.6 Å². The minimum atomic E-state index is -2.32. The van der Waals surface area contributed by atoms with Crippen LogP contribution in [0.15, 0.2) is 30.3 Å². The number of pyridine rings is 1. The second kappa shape index (κ2) is 15.9. The van der Waals surface area contributed by atoms with E-state index >= 15 is 8.78 Å². The number of fused-ring (bicyclic) bond motifs is 7. The zero-order valence-electron chi connectivity index (χ0n) is 38.1. The molecule has 0 spiro atoms. The Kier molecular flexibility index (Phi) is 11.1. The molecule has 1 amide bonds. The Morgan fingerprint density at radius 3 is 2.44 bits per heavy atom. The van der Waals surface area contributed by atoms with Gasteiger partial charge in [-0.2, -0.15) is 9.97 Å². The summed E-state index contributed by atoms with van der Waals surface area (Å²) in [4.78, 5) is 34.5. The van der Waals surface area contributed by atoms with E-state index in [0.717, 1.165) is 25.8 Å². The summed E-state index contributed by atoms with van der Waals surface area (Å²) in [6.45, 7) is 20.4. The van der Waals surface area contributed by atoms with Gasteiger partial charge in [-0.25, -0.2) is 22.9 Å². The maximum absolute atomic E-state index is 17.9. The van der Waals surface area contributed by atoms with E-state index in [4.69, 9.17) is 24.4 Å². The largest absolute Gasteiger partial charge is 0.461 e. The summed E-state index contributed by atoms with van der Waals surface area (Å²) < 4.78 is 61.5. The maximum Gasteiger partial charge on any atom is 0.410 e. The average Bonchev–Trinajstić information content (AvgIpc) is 3.83. The number of aliphatic hydroxyl groups is 1. The first-order valence-corrected chi connectivity index (χ1v) is 25.2. The van der Waals surface area contributed by atoms with E-state index < -0.39 is 55.3 Å². The summed E-state index contributed by atoms with van der Waals surface area (Å²) in [5, 5.41) is 13.7. The number of carbonyl (C=O) groups is 1. The van der Waals surface area contributed by atoms with Crippen molar-refractivity contribution in [1.29, 1.82) is 0 Å². The standard InChI is InChI=1S/C49H61F3N6O4Si/c1-27(2)63(28(3)4,29(5)6)21-18-33-35(51)16-14-30-12-10-13-34(39(30)33)42-41(52)44-40-43(53-42)38(59)22-37-36-17-15-32(58(36)47(60)62-48(7,8)9)25-57(37)45(40)55-46(54-44)61-26-49-19-11-20-56(49)24-31(50)23-49/h10,12-14,16,27-29,31-32,36-38,59H,11,15,17,19-20,22-26H2,1-9H3/t31-,32-,36+,37-,38-,49+/m1/s1. The van der Waals surface area contributed by atoms with Gasteiger partial charge < -0.3 is 19.5 Å². The molecule has 4 aromatic rings. The first kappa shape index (κ1) is 43.8. The summed E-state index contributed by atoms with van der Waals surface area (Å²) in [7, 11) is -2.32. The number of halogens is 3. The lowest BCUT2D eigenvalue weighted by molar-refractivity contribution is 0.00451. The summed E-state index contributed by atoms with van der Waals surface area (Å²) in [6.07, 6.45) is 1.01. The lowest BCUT2D eigenvalue weighted by atomic mass is 9.95. The third-order valence-electron chi connectivity index (χ3n) is 15.0. The lowest BCUT2D eigenvalue weighted by Crippen LogP contribution is -2.62. The highest BCUT2D eigenvalue weighted by atomic mass is 28.3. The molecule has 2 aromatic carbocycles. The zero-order chi connectivity index (χ0) is 44.9. The van der Waals surface area contributed by atoms with Crippen molar-refractivity contribution in [3.63, 3.8) is 0 Å². The van der Waals surface area contributed by atoms with E-state index in [2.05, 4.69) is 62.8 Å². The van der Waals surface area contributed by atoms with Crippen LogP contribution in [0.1, 0.15) is 118 Å². The van der Waals surface area contributed by atoms with Crippen LogP contribution in [-0.4, -0.2) is 106 Å².